The van der Waals surface area contributed by atoms with E-state index in [1.54, 1.807) is 0 Å². The van der Waals surface area contributed by atoms with Gasteiger partial charge in [-0.15, -0.1) is 11.6 Å². The van der Waals surface area contributed by atoms with Crippen molar-refractivity contribution in [2.24, 2.45) is 0 Å². The van der Waals surface area contributed by atoms with Crippen molar-refractivity contribution in [3.63, 3.8) is 0 Å². The van der Waals surface area contributed by atoms with Crippen molar-refractivity contribution < 1.29 is 0 Å². The van der Waals surface area contributed by atoms with Gasteiger partial charge in [0.2, 0.25) is 0 Å². The van der Waals surface area contributed by atoms with Gasteiger partial charge in [0, 0.05) is 18.0 Å². The highest BCUT2D eigenvalue weighted by atomic mass is 35.5. The summed E-state index contributed by atoms with van der Waals surface area (Å²) in [6.45, 7) is 9.36. The van der Waals surface area contributed by atoms with Gasteiger partial charge in [-0.3, -0.25) is 0 Å². The van der Waals surface area contributed by atoms with Gasteiger partial charge in [0.05, 0.1) is 0 Å². The molecule has 72 valence electrons. The normalized spacial score (nSPS) is 15.4. The molecule has 0 aliphatic rings. The molecule has 0 heterocycles. The minimum atomic E-state index is 0.263. The van der Waals surface area contributed by atoms with E-state index in [4.69, 9.17) is 11.6 Å². The van der Waals surface area contributed by atoms with Crippen molar-refractivity contribution in [2.75, 3.05) is 6.54 Å². The van der Waals surface area contributed by atoms with Gasteiger partial charge in [-0.2, -0.15) is 0 Å². The number of rotatable bonds is 5. The van der Waals surface area contributed by atoms with Crippen LogP contribution >= 0.6 is 11.6 Å². The van der Waals surface area contributed by atoms with Crippen LogP contribution in [0.5, 0.6) is 0 Å². The Morgan fingerprint density at radius 3 is 2.42 bits per heavy atom. The number of hydrogen-bond donors (Lipinski definition) is 1. The zero-order chi connectivity index (χ0) is 9.56. The second kappa shape index (κ2) is 6.50. The SMILES string of the molecule is CC(C)=CCNC(C)CC(C)Cl. The predicted octanol–water partition coefficient (Wildman–Crippen LogP) is 2.95. The summed E-state index contributed by atoms with van der Waals surface area (Å²) in [7, 11) is 0. The van der Waals surface area contributed by atoms with Crippen molar-refractivity contribution >= 4 is 11.6 Å². The summed E-state index contributed by atoms with van der Waals surface area (Å²) >= 11 is 5.86. The van der Waals surface area contributed by atoms with Crippen LogP contribution in [0.1, 0.15) is 34.1 Å². The second-order valence-electron chi connectivity index (χ2n) is 3.61. The van der Waals surface area contributed by atoms with E-state index in [1.807, 2.05) is 6.92 Å². The molecule has 0 aromatic rings. The second-order valence-corrected chi connectivity index (χ2v) is 4.35. The fourth-order valence-corrected chi connectivity index (χ4v) is 1.30. The Kier molecular flexibility index (Phi) is 6.49. The van der Waals surface area contributed by atoms with Crippen LogP contribution in [0.25, 0.3) is 0 Å². The van der Waals surface area contributed by atoms with Crippen molar-refractivity contribution in [1.82, 2.24) is 5.32 Å². The maximum Gasteiger partial charge on any atom is 0.0322 e. The van der Waals surface area contributed by atoms with Gasteiger partial charge in [-0.05, 0) is 34.1 Å². The fourth-order valence-electron chi connectivity index (χ4n) is 1.03. The van der Waals surface area contributed by atoms with E-state index in [2.05, 4.69) is 32.2 Å². The van der Waals surface area contributed by atoms with Crippen LogP contribution in [-0.4, -0.2) is 18.0 Å². The topological polar surface area (TPSA) is 12.0 Å². The maximum absolute atomic E-state index is 5.86. The van der Waals surface area contributed by atoms with Crippen LogP contribution < -0.4 is 5.32 Å². The molecule has 0 aliphatic heterocycles. The zero-order valence-electron chi connectivity index (χ0n) is 8.52. The van der Waals surface area contributed by atoms with Gasteiger partial charge < -0.3 is 5.32 Å². The summed E-state index contributed by atoms with van der Waals surface area (Å²) in [5.74, 6) is 0. The molecule has 0 spiro atoms. The van der Waals surface area contributed by atoms with Gasteiger partial charge in [0.15, 0.2) is 0 Å². The molecule has 2 atom stereocenters. The first-order valence-electron chi connectivity index (χ1n) is 4.53. The van der Waals surface area contributed by atoms with E-state index < -0.39 is 0 Å². The van der Waals surface area contributed by atoms with E-state index in [1.165, 1.54) is 5.57 Å². The molecular weight excluding hydrogens is 170 g/mol. The number of allylic oxidation sites excluding steroid dienone is 1. The molecule has 0 fully saturated rings. The van der Waals surface area contributed by atoms with Gasteiger partial charge in [-0.1, -0.05) is 11.6 Å². The van der Waals surface area contributed by atoms with Crippen LogP contribution in [0, 0.1) is 0 Å². The highest BCUT2D eigenvalue weighted by Crippen LogP contribution is 2.03. The molecule has 0 aromatic carbocycles. The Hall–Kier alpha value is -0.0100. The molecule has 1 N–H and O–H groups in total. The van der Waals surface area contributed by atoms with E-state index in [-0.39, 0.29) is 5.38 Å². The lowest BCUT2D eigenvalue weighted by atomic mass is 10.2. The van der Waals surface area contributed by atoms with E-state index >= 15 is 0 Å². The molecule has 12 heavy (non-hydrogen) atoms. The Morgan fingerprint density at radius 2 is 2.00 bits per heavy atom. The number of alkyl halides is 1. The average molecular weight is 190 g/mol. The number of nitrogens with one attached hydrogen (secondary N) is 1. The third-order valence-electron chi connectivity index (χ3n) is 1.65. The van der Waals surface area contributed by atoms with Gasteiger partial charge >= 0.3 is 0 Å². The first-order chi connectivity index (χ1) is 5.52. The Labute approximate surface area is 81.2 Å². The highest BCUT2D eigenvalue weighted by Gasteiger charge is 2.03. The van der Waals surface area contributed by atoms with Crippen molar-refractivity contribution in [1.29, 1.82) is 0 Å². The molecule has 1 nitrogen and oxygen atoms in total. The van der Waals surface area contributed by atoms with Crippen LogP contribution in [0.3, 0.4) is 0 Å². The highest BCUT2D eigenvalue weighted by molar-refractivity contribution is 6.20. The maximum atomic E-state index is 5.86. The average Bonchev–Trinajstić information content (AvgIpc) is 1.84. The first-order valence-corrected chi connectivity index (χ1v) is 4.97. The lowest BCUT2D eigenvalue weighted by molar-refractivity contribution is 0.539. The third-order valence-corrected chi connectivity index (χ3v) is 1.83. The summed E-state index contributed by atoms with van der Waals surface area (Å²) in [4.78, 5) is 0. The molecule has 0 rings (SSSR count). The molecule has 0 saturated carbocycles. The lowest BCUT2D eigenvalue weighted by Crippen LogP contribution is -2.28. The monoisotopic (exact) mass is 189 g/mol. The van der Waals surface area contributed by atoms with E-state index in [0.717, 1.165) is 13.0 Å². The minimum Gasteiger partial charge on any atom is -0.311 e. The summed E-state index contributed by atoms with van der Waals surface area (Å²) in [5.41, 5.74) is 1.36. The van der Waals surface area contributed by atoms with Crippen molar-refractivity contribution in [3.8, 4) is 0 Å². The standard InChI is InChI=1S/C10H20ClN/c1-8(2)5-6-12-10(4)7-9(3)11/h5,9-10,12H,6-7H2,1-4H3. The summed E-state index contributed by atoms with van der Waals surface area (Å²) < 4.78 is 0. The molecule has 0 radical (unpaired) electrons. The molecular formula is C10H20ClN. The van der Waals surface area contributed by atoms with Gasteiger partial charge in [0.25, 0.3) is 0 Å². The lowest BCUT2D eigenvalue weighted by Gasteiger charge is -2.13. The molecule has 0 amide bonds. The number of halogens is 1. The van der Waals surface area contributed by atoms with Gasteiger partial charge in [0.1, 0.15) is 0 Å². The Morgan fingerprint density at radius 1 is 1.42 bits per heavy atom. The minimum absolute atomic E-state index is 0.263. The summed E-state index contributed by atoms with van der Waals surface area (Å²) in [5, 5.41) is 3.65. The van der Waals surface area contributed by atoms with Crippen LogP contribution in [0.2, 0.25) is 0 Å². The largest absolute Gasteiger partial charge is 0.311 e. The first kappa shape index (κ1) is 12.0. The molecule has 0 aliphatic carbocycles. The van der Waals surface area contributed by atoms with E-state index in [9.17, 15) is 0 Å². The molecule has 0 saturated heterocycles. The van der Waals surface area contributed by atoms with Crippen LogP contribution in [0.15, 0.2) is 11.6 Å². The van der Waals surface area contributed by atoms with Crippen molar-refractivity contribution in [3.05, 3.63) is 11.6 Å². The number of hydrogen-bond acceptors (Lipinski definition) is 1. The smallest absolute Gasteiger partial charge is 0.0322 e. The van der Waals surface area contributed by atoms with Crippen LogP contribution in [-0.2, 0) is 0 Å². The summed E-state index contributed by atoms with van der Waals surface area (Å²) in [6.07, 6.45) is 3.22. The molecule has 2 heteroatoms. The zero-order valence-corrected chi connectivity index (χ0v) is 9.28. The third kappa shape index (κ3) is 8.09. The van der Waals surface area contributed by atoms with Crippen LogP contribution in [0.4, 0.5) is 0 Å². The quantitative estimate of drug-likeness (QED) is 0.518. The molecule has 2 unspecified atom stereocenters. The molecule has 0 aromatic heterocycles. The van der Waals surface area contributed by atoms with Gasteiger partial charge in [-0.25, -0.2) is 0 Å². The Bertz CT molecular complexity index is 137. The Balaban J connectivity index is 3.44. The molecule has 0 bridgehead atoms. The fraction of sp³-hybridized carbons (Fsp3) is 0.800. The van der Waals surface area contributed by atoms with Crippen molar-refractivity contribution in [2.45, 2.75) is 45.5 Å². The van der Waals surface area contributed by atoms with E-state index in [0.29, 0.717) is 6.04 Å². The summed E-state index contributed by atoms with van der Waals surface area (Å²) in [6, 6.07) is 0.507. The predicted molar refractivity (Wildman–Crippen MR) is 56.8 cm³/mol.